The Morgan fingerprint density at radius 3 is 2.26 bits per heavy atom. The van der Waals surface area contributed by atoms with Gasteiger partial charge in [-0.2, -0.15) is 27.1 Å². The molecule has 3 rings (SSSR count). The van der Waals surface area contributed by atoms with Gasteiger partial charge in [0.15, 0.2) is 5.03 Å². The summed E-state index contributed by atoms with van der Waals surface area (Å²) in [7, 11) is -4.25. The van der Waals surface area contributed by atoms with Gasteiger partial charge in [-0.3, -0.25) is 4.79 Å². The van der Waals surface area contributed by atoms with Crippen molar-refractivity contribution >= 4 is 15.6 Å². The summed E-state index contributed by atoms with van der Waals surface area (Å²) < 4.78 is 90.3. The second-order valence-electron chi connectivity index (χ2n) is 7.97. The molecule has 0 fully saturated rings. The molecule has 0 aliphatic carbocycles. The Balaban J connectivity index is 1.95. The van der Waals surface area contributed by atoms with Crippen molar-refractivity contribution in [1.82, 2.24) is 15.5 Å². The monoisotopic (exact) mass is 512 g/mol. The number of aromatic nitrogens is 2. The van der Waals surface area contributed by atoms with Gasteiger partial charge in [0.1, 0.15) is 9.73 Å². The molecule has 35 heavy (non-hydrogen) atoms. The second kappa shape index (κ2) is 9.33. The molecule has 0 aliphatic rings. The first-order valence-corrected chi connectivity index (χ1v) is 11.7. The largest absolute Gasteiger partial charge is 0.416 e. The van der Waals surface area contributed by atoms with Crippen molar-refractivity contribution in [2.24, 2.45) is 0 Å². The fraction of sp³-hybridized carbons (Fsp3) is 0.261. The Kier molecular flexibility index (Phi) is 6.98. The van der Waals surface area contributed by atoms with E-state index in [0.717, 1.165) is 29.8 Å². The number of hydrogen-bond acceptors (Lipinski definition) is 5. The van der Waals surface area contributed by atoms with Gasteiger partial charge in [0.2, 0.25) is 0 Å². The van der Waals surface area contributed by atoms with E-state index in [4.69, 9.17) is 4.78 Å². The third-order valence-corrected chi connectivity index (χ3v) is 7.06. The highest BCUT2D eigenvalue weighted by atomic mass is 32.2. The van der Waals surface area contributed by atoms with Crippen LogP contribution in [0, 0.1) is 25.6 Å². The highest BCUT2D eigenvalue weighted by molar-refractivity contribution is 7.92. The van der Waals surface area contributed by atoms with Crippen molar-refractivity contribution in [1.29, 1.82) is 4.78 Å². The van der Waals surface area contributed by atoms with Crippen molar-refractivity contribution in [3.63, 3.8) is 0 Å². The van der Waals surface area contributed by atoms with Crippen LogP contribution in [0.4, 0.5) is 22.0 Å². The van der Waals surface area contributed by atoms with Crippen molar-refractivity contribution in [2.45, 2.75) is 42.8 Å². The minimum absolute atomic E-state index is 0.152. The van der Waals surface area contributed by atoms with E-state index in [2.05, 4.69) is 15.5 Å². The number of hydrogen-bond donors (Lipinski definition) is 2. The first-order valence-electron chi connectivity index (χ1n) is 10.2. The van der Waals surface area contributed by atoms with Crippen LogP contribution >= 0.6 is 0 Å². The van der Waals surface area contributed by atoms with Crippen LogP contribution in [-0.2, 0) is 21.8 Å². The zero-order valence-electron chi connectivity index (χ0n) is 18.8. The molecule has 6 nitrogen and oxygen atoms in total. The van der Waals surface area contributed by atoms with Crippen LogP contribution in [0.15, 0.2) is 58.5 Å². The quantitative estimate of drug-likeness (QED) is 0.432. The Bertz CT molecular complexity index is 1390. The van der Waals surface area contributed by atoms with Crippen molar-refractivity contribution in [3.05, 3.63) is 82.0 Å². The summed E-state index contributed by atoms with van der Waals surface area (Å²) in [6.45, 7) is 3.75. The van der Waals surface area contributed by atoms with E-state index in [1.54, 1.807) is 13.8 Å². The predicted octanol–water partition coefficient (Wildman–Crippen LogP) is 5.41. The lowest BCUT2D eigenvalue weighted by molar-refractivity contribution is -0.137. The summed E-state index contributed by atoms with van der Waals surface area (Å²) in [6.07, 6.45) is -4.76. The molecule has 0 spiro atoms. The second-order valence-corrected chi connectivity index (χ2v) is 9.94. The molecule has 0 radical (unpaired) electrons. The third kappa shape index (κ3) is 5.64. The SMILES string of the molecule is Cc1cc(C(=O)NCC(F)(F)c2ccc(C)c(C)c2)c(S(=N)(=O)c2cccc(C(F)(F)F)c2)nn1. The molecule has 0 saturated carbocycles. The lowest BCUT2D eigenvalue weighted by atomic mass is 10.0. The van der Waals surface area contributed by atoms with Gasteiger partial charge >= 0.3 is 6.18 Å². The normalized spacial score (nSPS) is 13.8. The molecule has 1 amide bonds. The van der Waals surface area contributed by atoms with E-state index in [9.17, 15) is 31.0 Å². The van der Waals surface area contributed by atoms with Crippen molar-refractivity contribution in [2.75, 3.05) is 6.54 Å². The van der Waals surface area contributed by atoms with Gasteiger partial charge in [-0.15, -0.1) is 5.10 Å². The van der Waals surface area contributed by atoms with Crippen LogP contribution < -0.4 is 5.32 Å². The molecule has 12 heteroatoms. The number of carbonyl (C=O) groups is 1. The molecule has 0 saturated heterocycles. The van der Waals surface area contributed by atoms with Crippen molar-refractivity contribution in [3.8, 4) is 0 Å². The first-order chi connectivity index (χ1) is 16.1. The molecular formula is C23H21F5N4O2S. The molecule has 2 aromatic carbocycles. The van der Waals surface area contributed by atoms with Gasteiger partial charge in [-0.1, -0.05) is 18.2 Å². The van der Waals surface area contributed by atoms with E-state index in [-0.39, 0.29) is 11.3 Å². The van der Waals surface area contributed by atoms with Gasteiger partial charge < -0.3 is 5.32 Å². The van der Waals surface area contributed by atoms with Crippen LogP contribution in [0.5, 0.6) is 0 Å². The van der Waals surface area contributed by atoms with Crippen molar-refractivity contribution < 1.29 is 31.0 Å². The number of benzene rings is 2. The molecule has 0 aliphatic heterocycles. The van der Waals surface area contributed by atoms with Gasteiger partial charge in [-0.25, -0.2) is 8.99 Å². The average molecular weight is 513 g/mol. The number of aryl methyl sites for hydroxylation is 3. The summed E-state index contributed by atoms with van der Waals surface area (Å²) >= 11 is 0. The Morgan fingerprint density at radius 2 is 1.63 bits per heavy atom. The average Bonchev–Trinajstić information content (AvgIpc) is 2.78. The number of nitrogens with one attached hydrogen (secondary N) is 2. The molecule has 0 bridgehead atoms. The Morgan fingerprint density at radius 1 is 0.943 bits per heavy atom. The molecule has 1 heterocycles. The van der Waals surface area contributed by atoms with Crippen LogP contribution in [0.25, 0.3) is 0 Å². The summed E-state index contributed by atoms with van der Waals surface area (Å²) in [5, 5.41) is 8.61. The van der Waals surface area contributed by atoms with Crippen LogP contribution in [0.3, 0.4) is 0 Å². The molecule has 1 unspecified atom stereocenters. The molecular weight excluding hydrogens is 491 g/mol. The number of nitrogens with zero attached hydrogens (tertiary/aromatic N) is 2. The highest BCUT2D eigenvalue weighted by Crippen LogP contribution is 2.33. The fourth-order valence-electron chi connectivity index (χ4n) is 3.17. The maximum atomic E-state index is 14.7. The lowest BCUT2D eigenvalue weighted by Crippen LogP contribution is -2.36. The topological polar surface area (TPSA) is 95.8 Å². The number of halogens is 5. The fourth-order valence-corrected chi connectivity index (χ4v) is 4.58. The minimum Gasteiger partial charge on any atom is -0.346 e. The van der Waals surface area contributed by atoms with E-state index < -0.39 is 55.3 Å². The maximum absolute atomic E-state index is 14.7. The van der Waals surface area contributed by atoms with E-state index in [1.165, 1.54) is 25.1 Å². The Labute approximate surface area is 198 Å². The summed E-state index contributed by atoms with van der Waals surface area (Å²) in [5.41, 5.74) is -0.353. The first kappa shape index (κ1) is 26.2. The van der Waals surface area contributed by atoms with Gasteiger partial charge in [-0.05, 0) is 62.2 Å². The number of amides is 1. The molecule has 1 aromatic heterocycles. The summed E-state index contributed by atoms with van der Waals surface area (Å²) in [6, 6.07) is 8.42. The number of alkyl halides is 5. The van der Waals surface area contributed by atoms with Crippen LogP contribution in [0.2, 0.25) is 0 Å². The van der Waals surface area contributed by atoms with Crippen LogP contribution in [-0.4, -0.2) is 26.9 Å². The predicted molar refractivity (Wildman–Crippen MR) is 118 cm³/mol. The molecule has 3 aromatic rings. The zero-order valence-corrected chi connectivity index (χ0v) is 19.7. The smallest absolute Gasteiger partial charge is 0.346 e. The molecule has 2 N–H and O–H groups in total. The number of carbonyl (C=O) groups excluding carboxylic acids is 1. The van der Waals surface area contributed by atoms with Gasteiger partial charge in [0, 0.05) is 5.56 Å². The summed E-state index contributed by atoms with van der Waals surface area (Å²) in [4.78, 5) is 12.3. The zero-order chi connectivity index (χ0) is 26.2. The number of rotatable bonds is 6. The van der Waals surface area contributed by atoms with Gasteiger partial charge in [0.25, 0.3) is 11.8 Å². The van der Waals surface area contributed by atoms with E-state index in [1.807, 2.05) is 0 Å². The summed E-state index contributed by atoms with van der Waals surface area (Å²) in [5.74, 6) is -4.57. The van der Waals surface area contributed by atoms with E-state index >= 15 is 0 Å². The van der Waals surface area contributed by atoms with Crippen LogP contribution in [0.1, 0.15) is 38.3 Å². The third-order valence-electron chi connectivity index (χ3n) is 5.29. The van der Waals surface area contributed by atoms with Gasteiger partial charge in [0.05, 0.1) is 28.3 Å². The Hall–Kier alpha value is -3.41. The minimum atomic E-state index is -4.76. The van der Waals surface area contributed by atoms with E-state index in [0.29, 0.717) is 11.6 Å². The molecule has 1 atom stereocenters. The lowest BCUT2D eigenvalue weighted by Gasteiger charge is -2.19. The standard InChI is InChI=1S/C23H21F5N4O2S/c1-13-7-8-16(9-14(13)2)22(24,25)12-30-20(33)19-10-15(3)31-32-21(19)35(29,34)18-6-4-5-17(11-18)23(26,27)28/h4-11,29H,12H2,1-3H3,(H,30,33). The maximum Gasteiger partial charge on any atom is 0.416 e. The highest BCUT2D eigenvalue weighted by Gasteiger charge is 2.35. The molecule has 186 valence electrons.